The summed E-state index contributed by atoms with van der Waals surface area (Å²) in [5, 5.41) is 3.69. The van der Waals surface area contributed by atoms with Gasteiger partial charge in [0, 0.05) is 12.2 Å². The molecule has 19 heavy (non-hydrogen) atoms. The second kappa shape index (κ2) is 4.08. The highest BCUT2D eigenvalue weighted by molar-refractivity contribution is 6.30. The predicted octanol–water partition coefficient (Wildman–Crippen LogP) is 4.50. The summed E-state index contributed by atoms with van der Waals surface area (Å²) in [6.45, 7) is 6.88. The maximum Gasteiger partial charge on any atom is 0.166 e. The molecule has 0 radical (unpaired) electrons. The van der Waals surface area contributed by atoms with Crippen LogP contribution in [0.3, 0.4) is 0 Å². The van der Waals surface area contributed by atoms with Crippen molar-refractivity contribution in [2.24, 2.45) is 16.7 Å². The summed E-state index contributed by atoms with van der Waals surface area (Å²) in [7, 11) is 0. The zero-order chi connectivity index (χ0) is 13.8. The van der Waals surface area contributed by atoms with E-state index in [4.69, 9.17) is 11.6 Å². The summed E-state index contributed by atoms with van der Waals surface area (Å²) in [6, 6.07) is 1.58. The summed E-state index contributed by atoms with van der Waals surface area (Å²) < 4.78 is 13.9. The van der Waals surface area contributed by atoms with E-state index in [9.17, 15) is 4.39 Å². The van der Waals surface area contributed by atoms with Crippen LogP contribution in [0.15, 0.2) is 12.3 Å². The van der Waals surface area contributed by atoms with Crippen LogP contribution >= 0.6 is 11.6 Å². The average molecular weight is 283 g/mol. The zero-order valence-electron chi connectivity index (χ0n) is 11.6. The van der Waals surface area contributed by atoms with E-state index in [-0.39, 0.29) is 22.7 Å². The second-order valence-corrected chi connectivity index (χ2v) is 7.41. The molecule has 0 saturated heterocycles. The molecule has 3 rings (SSSR count). The van der Waals surface area contributed by atoms with E-state index in [1.807, 2.05) is 0 Å². The van der Waals surface area contributed by atoms with Crippen molar-refractivity contribution < 1.29 is 4.39 Å². The van der Waals surface area contributed by atoms with Crippen LogP contribution in [0.1, 0.15) is 40.0 Å². The van der Waals surface area contributed by atoms with E-state index in [0.29, 0.717) is 10.8 Å². The fourth-order valence-electron chi connectivity index (χ4n) is 4.32. The number of aromatic nitrogens is 1. The van der Waals surface area contributed by atoms with Gasteiger partial charge < -0.3 is 5.32 Å². The van der Waals surface area contributed by atoms with Gasteiger partial charge in [-0.25, -0.2) is 9.37 Å². The molecule has 3 atom stereocenters. The summed E-state index contributed by atoms with van der Waals surface area (Å²) in [5.74, 6) is 0.691. The molecule has 2 fully saturated rings. The van der Waals surface area contributed by atoms with E-state index >= 15 is 0 Å². The molecular weight excluding hydrogens is 263 g/mol. The van der Waals surface area contributed by atoms with Gasteiger partial charge in [-0.15, -0.1) is 0 Å². The van der Waals surface area contributed by atoms with Gasteiger partial charge in [0.15, 0.2) is 11.6 Å². The molecule has 0 amide bonds. The third-order valence-electron chi connectivity index (χ3n) is 5.36. The number of hydrogen-bond acceptors (Lipinski definition) is 2. The number of nitrogens with one attached hydrogen (secondary N) is 1. The van der Waals surface area contributed by atoms with Gasteiger partial charge in [0.05, 0.1) is 5.02 Å². The lowest BCUT2D eigenvalue weighted by Gasteiger charge is -2.43. The normalized spacial score (nSPS) is 35.6. The van der Waals surface area contributed by atoms with Gasteiger partial charge in [-0.1, -0.05) is 32.4 Å². The Morgan fingerprint density at radius 3 is 2.74 bits per heavy atom. The molecule has 104 valence electrons. The number of fused-ring (bicyclic) bond motifs is 2. The fraction of sp³-hybridized carbons (Fsp3) is 0.667. The molecule has 2 aliphatic rings. The Morgan fingerprint density at radius 2 is 2.16 bits per heavy atom. The van der Waals surface area contributed by atoms with Crippen molar-refractivity contribution in [3.05, 3.63) is 23.1 Å². The third-order valence-corrected chi connectivity index (χ3v) is 5.57. The van der Waals surface area contributed by atoms with Crippen molar-refractivity contribution in [1.82, 2.24) is 4.98 Å². The first-order valence-corrected chi connectivity index (χ1v) is 7.28. The summed E-state index contributed by atoms with van der Waals surface area (Å²) >= 11 is 5.75. The van der Waals surface area contributed by atoms with Crippen molar-refractivity contribution in [1.29, 1.82) is 0 Å². The van der Waals surface area contributed by atoms with Gasteiger partial charge in [-0.3, -0.25) is 0 Å². The molecule has 1 heterocycles. The van der Waals surface area contributed by atoms with Crippen LogP contribution in [0.2, 0.25) is 5.02 Å². The lowest BCUT2D eigenvalue weighted by molar-refractivity contribution is 0.155. The minimum absolute atomic E-state index is 0.181. The highest BCUT2D eigenvalue weighted by atomic mass is 35.5. The first-order chi connectivity index (χ1) is 8.83. The molecule has 2 bridgehead atoms. The van der Waals surface area contributed by atoms with Gasteiger partial charge in [-0.05, 0) is 42.1 Å². The van der Waals surface area contributed by atoms with Gasteiger partial charge in [0.25, 0.3) is 0 Å². The van der Waals surface area contributed by atoms with Crippen LogP contribution in [0.4, 0.5) is 10.2 Å². The van der Waals surface area contributed by atoms with Crippen LogP contribution in [-0.4, -0.2) is 11.0 Å². The molecule has 0 aliphatic heterocycles. The van der Waals surface area contributed by atoms with Crippen molar-refractivity contribution in [2.45, 2.75) is 46.1 Å². The maximum absolute atomic E-state index is 13.9. The monoisotopic (exact) mass is 282 g/mol. The van der Waals surface area contributed by atoms with E-state index in [1.54, 1.807) is 0 Å². The van der Waals surface area contributed by atoms with Crippen LogP contribution in [0.25, 0.3) is 0 Å². The van der Waals surface area contributed by atoms with Gasteiger partial charge in [0.1, 0.15) is 0 Å². The average Bonchev–Trinajstić information content (AvgIpc) is 2.78. The van der Waals surface area contributed by atoms with Crippen LogP contribution < -0.4 is 5.32 Å². The van der Waals surface area contributed by atoms with E-state index in [2.05, 4.69) is 31.1 Å². The van der Waals surface area contributed by atoms with Gasteiger partial charge in [0.2, 0.25) is 0 Å². The van der Waals surface area contributed by atoms with Crippen LogP contribution in [-0.2, 0) is 0 Å². The molecule has 1 N–H and O–H groups in total. The molecule has 3 unspecified atom stereocenters. The standard InChI is InChI=1S/C15H20ClFN2/c1-14(2)9-4-5-15(3,7-9)13(14)19-12-11(17)6-10(16)8-18-12/h6,8-9,13H,4-5,7H2,1-3H3,(H,18,19). The lowest BCUT2D eigenvalue weighted by atomic mass is 9.68. The molecule has 1 aromatic rings. The third kappa shape index (κ3) is 1.94. The molecule has 2 aliphatic carbocycles. The number of hydrogen-bond donors (Lipinski definition) is 1. The molecular formula is C15H20ClFN2. The van der Waals surface area contributed by atoms with E-state index in [1.165, 1.54) is 31.5 Å². The first-order valence-electron chi connectivity index (χ1n) is 6.90. The molecule has 2 saturated carbocycles. The lowest BCUT2D eigenvalue weighted by Crippen LogP contribution is -2.46. The molecule has 0 aromatic carbocycles. The van der Waals surface area contributed by atoms with E-state index in [0.717, 1.165) is 5.92 Å². The molecule has 0 spiro atoms. The smallest absolute Gasteiger partial charge is 0.166 e. The first kappa shape index (κ1) is 13.2. The van der Waals surface area contributed by atoms with Crippen molar-refractivity contribution >= 4 is 17.4 Å². The van der Waals surface area contributed by atoms with Crippen molar-refractivity contribution in [3.8, 4) is 0 Å². The van der Waals surface area contributed by atoms with Crippen LogP contribution in [0, 0.1) is 22.6 Å². The molecule has 1 aromatic heterocycles. The highest BCUT2D eigenvalue weighted by Crippen LogP contribution is 2.63. The highest BCUT2D eigenvalue weighted by Gasteiger charge is 2.59. The molecule has 2 nitrogen and oxygen atoms in total. The van der Waals surface area contributed by atoms with Gasteiger partial charge >= 0.3 is 0 Å². The van der Waals surface area contributed by atoms with E-state index < -0.39 is 0 Å². The van der Waals surface area contributed by atoms with Crippen LogP contribution in [0.5, 0.6) is 0 Å². The number of pyridine rings is 1. The Balaban J connectivity index is 1.90. The summed E-state index contributed by atoms with van der Waals surface area (Å²) in [5.41, 5.74) is 0.433. The Bertz CT molecular complexity index is 512. The van der Waals surface area contributed by atoms with Crippen molar-refractivity contribution in [3.63, 3.8) is 0 Å². The summed E-state index contributed by atoms with van der Waals surface area (Å²) in [6.07, 6.45) is 5.23. The maximum atomic E-state index is 13.9. The minimum Gasteiger partial charge on any atom is -0.364 e. The fourth-order valence-corrected chi connectivity index (χ4v) is 4.46. The number of nitrogens with zero attached hydrogens (tertiary/aromatic N) is 1. The predicted molar refractivity (Wildman–Crippen MR) is 75.8 cm³/mol. The Kier molecular flexibility index (Phi) is 2.83. The number of anilines is 1. The zero-order valence-corrected chi connectivity index (χ0v) is 12.4. The number of halogens is 2. The summed E-state index contributed by atoms with van der Waals surface area (Å²) in [4.78, 5) is 4.10. The number of rotatable bonds is 2. The van der Waals surface area contributed by atoms with Crippen molar-refractivity contribution in [2.75, 3.05) is 5.32 Å². The Morgan fingerprint density at radius 1 is 1.42 bits per heavy atom. The quantitative estimate of drug-likeness (QED) is 0.864. The Labute approximate surface area is 118 Å². The topological polar surface area (TPSA) is 24.9 Å². The minimum atomic E-state index is -0.366. The Hall–Kier alpha value is -0.830. The largest absolute Gasteiger partial charge is 0.364 e. The molecule has 4 heteroatoms. The second-order valence-electron chi connectivity index (χ2n) is 6.98. The SMILES string of the molecule is CC12CCC(C1)C(C)(C)C2Nc1ncc(Cl)cc1F. The van der Waals surface area contributed by atoms with Gasteiger partial charge in [-0.2, -0.15) is 0 Å².